The van der Waals surface area contributed by atoms with E-state index in [1.54, 1.807) is 0 Å². The van der Waals surface area contributed by atoms with Gasteiger partial charge in [-0.15, -0.1) is 0 Å². The van der Waals surface area contributed by atoms with Crippen LogP contribution in [0.15, 0.2) is 29.3 Å². The molecule has 0 atom stereocenters. The van der Waals surface area contributed by atoms with Crippen molar-refractivity contribution in [3.8, 4) is 0 Å². The topological polar surface area (TPSA) is 36.4 Å². The van der Waals surface area contributed by atoms with Crippen molar-refractivity contribution in [3.63, 3.8) is 0 Å². The SMILES string of the molecule is CCNC(=NCCc1ccc(C)cc1)NCC. The number of aliphatic imine (C=N–C) groups is 1. The van der Waals surface area contributed by atoms with E-state index in [2.05, 4.69) is 60.7 Å². The van der Waals surface area contributed by atoms with Crippen LogP contribution in [-0.4, -0.2) is 25.6 Å². The van der Waals surface area contributed by atoms with Crippen molar-refractivity contribution in [3.05, 3.63) is 35.4 Å². The summed E-state index contributed by atoms with van der Waals surface area (Å²) in [7, 11) is 0. The van der Waals surface area contributed by atoms with Crippen LogP contribution in [0.3, 0.4) is 0 Å². The molecule has 1 aromatic rings. The minimum absolute atomic E-state index is 0.818. The van der Waals surface area contributed by atoms with Crippen LogP contribution >= 0.6 is 0 Å². The Hall–Kier alpha value is -1.51. The fourth-order valence-electron chi connectivity index (χ4n) is 1.56. The molecule has 1 aromatic carbocycles. The van der Waals surface area contributed by atoms with Crippen LogP contribution in [0.4, 0.5) is 0 Å². The molecule has 0 spiro atoms. The van der Waals surface area contributed by atoms with Gasteiger partial charge in [0.15, 0.2) is 5.96 Å². The normalized spacial score (nSPS) is 9.82. The number of hydrogen-bond acceptors (Lipinski definition) is 1. The average Bonchev–Trinajstić information content (AvgIpc) is 2.32. The van der Waals surface area contributed by atoms with Gasteiger partial charge in [-0.3, -0.25) is 4.99 Å². The van der Waals surface area contributed by atoms with Crippen molar-refractivity contribution in [2.75, 3.05) is 19.6 Å². The van der Waals surface area contributed by atoms with E-state index in [4.69, 9.17) is 0 Å². The highest BCUT2D eigenvalue weighted by Gasteiger charge is 1.95. The predicted octanol–water partition coefficient (Wildman–Crippen LogP) is 2.11. The molecule has 0 radical (unpaired) electrons. The summed E-state index contributed by atoms with van der Waals surface area (Å²) >= 11 is 0. The summed E-state index contributed by atoms with van der Waals surface area (Å²) in [6.45, 7) is 8.88. The molecular weight excluding hydrogens is 210 g/mol. The van der Waals surface area contributed by atoms with Crippen molar-refractivity contribution >= 4 is 5.96 Å². The van der Waals surface area contributed by atoms with Crippen LogP contribution in [0.25, 0.3) is 0 Å². The van der Waals surface area contributed by atoms with Gasteiger partial charge in [0.05, 0.1) is 0 Å². The largest absolute Gasteiger partial charge is 0.357 e. The van der Waals surface area contributed by atoms with Gasteiger partial charge in [-0.05, 0) is 32.8 Å². The van der Waals surface area contributed by atoms with Gasteiger partial charge in [-0.2, -0.15) is 0 Å². The lowest BCUT2D eigenvalue weighted by Gasteiger charge is -2.08. The molecule has 2 N–H and O–H groups in total. The van der Waals surface area contributed by atoms with E-state index in [1.807, 2.05) is 0 Å². The Morgan fingerprint density at radius 1 is 1.06 bits per heavy atom. The first-order valence-electron chi connectivity index (χ1n) is 6.34. The summed E-state index contributed by atoms with van der Waals surface area (Å²) in [5.74, 6) is 0.905. The maximum atomic E-state index is 4.52. The van der Waals surface area contributed by atoms with Gasteiger partial charge in [0.2, 0.25) is 0 Å². The van der Waals surface area contributed by atoms with Crippen LogP contribution in [0, 0.1) is 6.92 Å². The second-order valence-electron chi connectivity index (χ2n) is 4.03. The number of benzene rings is 1. The molecule has 0 heterocycles. The summed E-state index contributed by atoms with van der Waals surface area (Å²) in [5, 5.41) is 6.44. The molecule has 94 valence electrons. The van der Waals surface area contributed by atoms with Gasteiger partial charge in [0.1, 0.15) is 0 Å². The van der Waals surface area contributed by atoms with Crippen LogP contribution in [-0.2, 0) is 6.42 Å². The molecular formula is C14H23N3. The summed E-state index contributed by atoms with van der Waals surface area (Å²) < 4.78 is 0. The lowest BCUT2D eigenvalue weighted by Crippen LogP contribution is -2.37. The van der Waals surface area contributed by atoms with Crippen LogP contribution < -0.4 is 10.6 Å². The molecule has 1 rings (SSSR count). The van der Waals surface area contributed by atoms with E-state index in [-0.39, 0.29) is 0 Å². The van der Waals surface area contributed by atoms with Crippen LogP contribution in [0.5, 0.6) is 0 Å². The standard InChI is InChI=1S/C14H23N3/c1-4-15-14(16-5-2)17-11-10-13-8-6-12(3)7-9-13/h6-9H,4-5,10-11H2,1-3H3,(H2,15,16,17). The van der Waals surface area contributed by atoms with Crippen LogP contribution in [0.1, 0.15) is 25.0 Å². The molecule has 17 heavy (non-hydrogen) atoms. The van der Waals surface area contributed by atoms with Gasteiger partial charge >= 0.3 is 0 Å². The van der Waals surface area contributed by atoms with Crippen molar-refractivity contribution < 1.29 is 0 Å². The van der Waals surface area contributed by atoms with E-state index < -0.39 is 0 Å². The Morgan fingerprint density at radius 3 is 2.18 bits per heavy atom. The first kappa shape index (κ1) is 13.6. The van der Waals surface area contributed by atoms with E-state index in [1.165, 1.54) is 11.1 Å². The molecule has 0 unspecified atom stereocenters. The second kappa shape index (κ2) is 7.71. The maximum Gasteiger partial charge on any atom is 0.191 e. The molecule has 0 aromatic heterocycles. The summed E-state index contributed by atoms with van der Waals surface area (Å²) in [6, 6.07) is 8.64. The monoisotopic (exact) mass is 233 g/mol. The Balaban J connectivity index is 2.43. The fourth-order valence-corrected chi connectivity index (χ4v) is 1.56. The number of hydrogen-bond donors (Lipinski definition) is 2. The lowest BCUT2D eigenvalue weighted by molar-refractivity contribution is 0.833. The Bertz CT molecular complexity index is 333. The highest BCUT2D eigenvalue weighted by molar-refractivity contribution is 5.79. The zero-order valence-electron chi connectivity index (χ0n) is 11.1. The molecule has 0 saturated carbocycles. The third-order valence-electron chi connectivity index (χ3n) is 2.48. The van der Waals surface area contributed by atoms with Crippen molar-refractivity contribution in [2.45, 2.75) is 27.2 Å². The fraction of sp³-hybridized carbons (Fsp3) is 0.500. The summed E-state index contributed by atoms with van der Waals surface area (Å²) in [4.78, 5) is 4.52. The zero-order chi connectivity index (χ0) is 12.5. The third kappa shape index (κ3) is 5.38. The molecule has 0 bridgehead atoms. The molecule has 0 saturated heterocycles. The Kier molecular flexibility index (Phi) is 6.15. The molecule has 0 fully saturated rings. The third-order valence-corrected chi connectivity index (χ3v) is 2.48. The van der Waals surface area contributed by atoms with Gasteiger partial charge in [-0.1, -0.05) is 29.8 Å². The van der Waals surface area contributed by atoms with Crippen molar-refractivity contribution in [2.24, 2.45) is 4.99 Å². The highest BCUT2D eigenvalue weighted by atomic mass is 15.2. The Morgan fingerprint density at radius 2 is 1.65 bits per heavy atom. The molecule has 3 heteroatoms. The zero-order valence-corrected chi connectivity index (χ0v) is 11.1. The summed E-state index contributed by atoms with van der Waals surface area (Å²) in [5.41, 5.74) is 2.64. The smallest absolute Gasteiger partial charge is 0.191 e. The summed E-state index contributed by atoms with van der Waals surface area (Å²) in [6.07, 6.45) is 0.987. The molecule has 0 aliphatic carbocycles. The van der Waals surface area contributed by atoms with Crippen molar-refractivity contribution in [1.29, 1.82) is 0 Å². The lowest BCUT2D eigenvalue weighted by atomic mass is 10.1. The average molecular weight is 233 g/mol. The number of rotatable bonds is 5. The van der Waals surface area contributed by atoms with Crippen molar-refractivity contribution in [1.82, 2.24) is 10.6 Å². The van der Waals surface area contributed by atoms with E-state index in [0.29, 0.717) is 0 Å². The first-order valence-corrected chi connectivity index (χ1v) is 6.34. The molecule has 0 aliphatic rings. The second-order valence-corrected chi connectivity index (χ2v) is 4.03. The highest BCUT2D eigenvalue weighted by Crippen LogP contribution is 2.03. The molecule has 0 amide bonds. The maximum absolute atomic E-state index is 4.52. The number of nitrogens with one attached hydrogen (secondary N) is 2. The number of nitrogens with zero attached hydrogens (tertiary/aromatic N) is 1. The van der Waals surface area contributed by atoms with E-state index in [9.17, 15) is 0 Å². The van der Waals surface area contributed by atoms with E-state index >= 15 is 0 Å². The minimum atomic E-state index is 0.818. The predicted molar refractivity (Wildman–Crippen MR) is 74.5 cm³/mol. The number of guanidine groups is 1. The molecule has 3 nitrogen and oxygen atoms in total. The number of aryl methyl sites for hydroxylation is 1. The van der Waals surface area contributed by atoms with E-state index in [0.717, 1.165) is 32.0 Å². The van der Waals surface area contributed by atoms with Gasteiger partial charge in [-0.25, -0.2) is 0 Å². The van der Waals surface area contributed by atoms with Gasteiger partial charge in [0.25, 0.3) is 0 Å². The minimum Gasteiger partial charge on any atom is -0.357 e. The van der Waals surface area contributed by atoms with Gasteiger partial charge < -0.3 is 10.6 Å². The quantitative estimate of drug-likeness (QED) is 0.603. The molecule has 0 aliphatic heterocycles. The Labute approximate surface area is 104 Å². The van der Waals surface area contributed by atoms with Crippen LogP contribution in [0.2, 0.25) is 0 Å². The van der Waals surface area contributed by atoms with Gasteiger partial charge in [0, 0.05) is 19.6 Å². The first-order chi connectivity index (χ1) is 8.26.